The minimum atomic E-state index is -0.583. The molecule has 1 aromatic rings. The van der Waals surface area contributed by atoms with Crippen LogP contribution < -0.4 is 0 Å². The van der Waals surface area contributed by atoms with Gasteiger partial charge in [0.25, 0.3) is 5.91 Å². The number of fused-ring (bicyclic) bond motifs is 1. The van der Waals surface area contributed by atoms with Gasteiger partial charge in [-0.3, -0.25) is 4.79 Å². The molecular formula is C17H19NO4. The number of rotatable bonds is 3. The van der Waals surface area contributed by atoms with Gasteiger partial charge in [-0.1, -0.05) is 43.3 Å². The van der Waals surface area contributed by atoms with Gasteiger partial charge in [-0.2, -0.15) is 0 Å². The van der Waals surface area contributed by atoms with Crippen LogP contribution in [0, 0.1) is 5.92 Å². The predicted molar refractivity (Wildman–Crippen MR) is 79.6 cm³/mol. The van der Waals surface area contributed by atoms with Gasteiger partial charge in [0.15, 0.2) is 0 Å². The third-order valence-corrected chi connectivity index (χ3v) is 4.31. The van der Waals surface area contributed by atoms with Crippen molar-refractivity contribution in [2.24, 2.45) is 5.92 Å². The van der Waals surface area contributed by atoms with Crippen molar-refractivity contribution in [3.05, 3.63) is 47.5 Å². The molecule has 1 amide bonds. The number of hydrogen-bond acceptors (Lipinski definition) is 4. The number of amides is 1. The number of ether oxygens (including phenoxy) is 2. The molecule has 1 saturated heterocycles. The molecule has 0 unspecified atom stereocenters. The first kappa shape index (κ1) is 14.8. The van der Waals surface area contributed by atoms with E-state index in [-0.39, 0.29) is 29.7 Å². The summed E-state index contributed by atoms with van der Waals surface area (Å²) in [5.41, 5.74) is 1.12. The molecule has 5 nitrogen and oxygen atoms in total. The second-order valence-electron chi connectivity index (χ2n) is 5.51. The van der Waals surface area contributed by atoms with Gasteiger partial charge in [-0.05, 0) is 12.0 Å². The van der Waals surface area contributed by atoms with Crippen LogP contribution in [0.4, 0.5) is 0 Å². The third kappa shape index (κ3) is 2.31. The van der Waals surface area contributed by atoms with Gasteiger partial charge in [0.05, 0.1) is 19.8 Å². The zero-order chi connectivity index (χ0) is 15.7. The number of esters is 1. The van der Waals surface area contributed by atoms with E-state index in [4.69, 9.17) is 9.47 Å². The van der Waals surface area contributed by atoms with Crippen LogP contribution in [0.25, 0.3) is 0 Å². The molecule has 1 aromatic carbocycles. The highest BCUT2D eigenvalue weighted by molar-refractivity contribution is 6.17. The Morgan fingerprint density at radius 1 is 1.36 bits per heavy atom. The lowest BCUT2D eigenvalue weighted by Gasteiger charge is -2.35. The van der Waals surface area contributed by atoms with E-state index < -0.39 is 5.97 Å². The standard InChI is InChI=1S/C17H19NO4/c1-3-11-9-13(17(20)21-2)15(19)18-14(10-22-16(11)18)12-7-5-4-6-8-12/h4-9,11,14,16H,3,10H2,1-2H3/t11-,14-,16+/m0/s1. The van der Waals surface area contributed by atoms with Gasteiger partial charge in [0, 0.05) is 5.92 Å². The number of methoxy groups -OCH3 is 1. The van der Waals surface area contributed by atoms with E-state index >= 15 is 0 Å². The number of hydrogen-bond donors (Lipinski definition) is 0. The maximum Gasteiger partial charge on any atom is 0.343 e. The SMILES string of the molecule is CC[C@H]1C=C(C(=O)OC)C(=O)N2[C@@H]1OC[C@H]2c1ccccc1. The number of carbonyl (C=O) groups is 2. The van der Waals surface area contributed by atoms with Crippen LogP contribution >= 0.6 is 0 Å². The second-order valence-corrected chi connectivity index (χ2v) is 5.51. The number of nitrogens with zero attached hydrogens (tertiary/aromatic N) is 1. The van der Waals surface area contributed by atoms with E-state index in [9.17, 15) is 9.59 Å². The number of carbonyl (C=O) groups excluding carboxylic acids is 2. The highest BCUT2D eigenvalue weighted by atomic mass is 16.5. The van der Waals surface area contributed by atoms with Crippen molar-refractivity contribution < 1.29 is 19.1 Å². The first-order valence-corrected chi connectivity index (χ1v) is 7.46. The smallest absolute Gasteiger partial charge is 0.343 e. The molecule has 0 N–H and O–H groups in total. The molecular weight excluding hydrogens is 282 g/mol. The van der Waals surface area contributed by atoms with E-state index in [1.807, 2.05) is 37.3 Å². The zero-order valence-corrected chi connectivity index (χ0v) is 12.7. The Labute approximate surface area is 129 Å². The van der Waals surface area contributed by atoms with Crippen LogP contribution in [0.15, 0.2) is 42.0 Å². The molecule has 5 heteroatoms. The van der Waals surface area contributed by atoms with Crippen molar-refractivity contribution >= 4 is 11.9 Å². The first-order valence-electron chi connectivity index (χ1n) is 7.46. The minimum absolute atomic E-state index is 0.000474. The minimum Gasteiger partial charge on any atom is -0.465 e. The molecule has 0 bridgehead atoms. The largest absolute Gasteiger partial charge is 0.465 e. The number of benzene rings is 1. The average Bonchev–Trinajstić information content (AvgIpc) is 3.01. The molecule has 22 heavy (non-hydrogen) atoms. The summed E-state index contributed by atoms with van der Waals surface area (Å²) in [4.78, 5) is 26.3. The average molecular weight is 301 g/mol. The van der Waals surface area contributed by atoms with E-state index in [1.54, 1.807) is 11.0 Å². The van der Waals surface area contributed by atoms with Gasteiger partial charge in [0.2, 0.25) is 0 Å². The summed E-state index contributed by atoms with van der Waals surface area (Å²) in [7, 11) is 1.29. The molecule has 0 aliphatic carbocycles. The summed E-state index contributed by atoms with van der Waals surface area (Å²) in [6.45, 7) is 2.46. The monoisotopic (exact) mass is 301 g/mol. The summed E-state index contributed by atoms with van der Waals surface area (Å²) in [6, 6.07) is 9.59. The molecule has 2 heterocycles. The first-order chi connectivity index (χ1) is 10.7. The lowest BCUT2D eigenvalue weighted by Crippen LogP contribution is -2.47. The topological polar surface area (TPSA) is 55.8 Å². The van der Waals surface area contributed by atoms with Gasteiger partial charge >= 0.3 is 5.97 Å². The third-order valence-electron chi connectivity index (χ3n) is 4.31. The van der Waals surface area contributed by atoms with E-state index in [2.05, 4.69) is 0 Å². The Hall–Kier alpha value is -2.14. The molecule has 0 saturated carbocycles. The molecule has 3 rings (SSSR count). The molecule has 3 atom stereocenters. The van der Waals surface area contributed by atoms with Crippen LogP contribution in [0.2, 0.25) is 0 Å². The maximum atomic E-state index is 12.7. The summed E-state index contributed by atoms with van der Waals surface area (Å²) in [5, 5.41) is 0. The fourth-order valence-electron chi connectivity index (χ4n) is 3.14. The van der Waals surface area contributed by atoms with E-state index in [0.29, 0.717) is 6.61 Å². The highest BCUT2D eigenvalue weighted by Gasteiger charge is 2.47. The maximum absolute atomic E-state index is 12.7. The summed E-state index contributed by atoms with van der Waals surface area (Å²) in [5.74, 6) is -0.894. The summed E-state index contributed by atoms with van der Waals surface area (Å²) >= 11 is 0. The quantitative estimate of drug-likeness (QED) is 0.633. The zero-order valence-electron chi connectivity index (χ0n) is 12.7. The predicted octanol–water partition coefficient (Wildman–Crippen LogP) is 2.05. The molecule has 0 aromatic heterocycles. The fraction of sp³-hybridized carbons (Fsp3) is 0.412. The van der Waals surface area contributed by atoms with Crippen molar-refractivity contribution in [2.45, 2.75) is 25.6 Å². The summed E-state index contributed by atoms with van der Waals surface area (Å²) in [6.07, 6.45) is 2.18. The second kappa shape index (κ2) is 5.93. The van der Waals surface area contributed by atoms with Crippen LogP contribution in [-0.4, -0.2) is 36.7 Å². The van der Waals surface area contributed by atoms with Gasteiger partial charge in [-0.25, -0.2) is 4.79 Å². The molecule has 2 aliphatic heterocycles. The molecule has 0 spiro atoms. The van der Waals surface area contributed by atoms with Crippen LogP contribution in [-0.2, 0) is 19.1 Å². The van der Waals surface area contributed by atoms with Gasteiger partial charge < -0.3 is 14.4 Å². The molecule has 1 fully saturated rings. The Morgan fingerprint density at radius 3 is 2.73 bits per heavy atom. The van der Waals surface area contributed by atoms with Gasteiger partial charge in [-0.15, -0.1) is 0 Å². The molecule has 116 valence electrons. The highest BCUT2D eigenvalue weighted by Crippen LogP contribution is 2.39. The van der Waals surface area contributed by atoms with Crippen LogP contribution in [0.1, 0.15) is 24.9 Å². The Morgan fingerprint density at radius 2 is 2.09 bits per heavy atom. The lowest BCUT2D eigenvalue weighted by molar-refractivity contribution is -0.145. The Balaban J connectivity index is 1.98. The van der Waals surface area contributed by atoms with Crippen molar-refractivity contribution in [3.63, 3.8) is 0 Å². The normalized spacial score (nSPS) is 27.4. The van der Waals surface area contributed by atoms with Crippen molar-refractivity contribution in [2.75, 3.05) is 13.7 Å². The fourth-order valence-corrected chi connectivity index (χ4v) is 3.14. The summed E-state index contributed by atoms with van der Waals surface area (Å²) < 4.78 is 10.6. The Kier molecular flexibility index (Phi) is 3.98. The van der Waals surface area contributed by atoms with E-state index in [1.165, 1.54) is 7.11 Å². The molecule has 2 aliphatic rings. The van der Waals surface area contributed by atoms with Crippen molar-refractivity contribution in [1.29, 1.82) is 0 Å². The lowest BCUT2D eigenvalue weighted by atomic mass is 9.93. The molecule has 0 radical (unpaired) electrons. The van der Waals surface area contributed by atoms with Crippen molar-refractivity contribution in [3.8, 4) is 0 Å². The van der Waals surface area contributed by atoms with Crippen molar-refractivity contribution in [1.82, 2.24) is 4.90 Å². The Bertz CT molecular complexity index is 610. The van der Waals surface area contributed by atoms with E-state index in [0.717, 1.165) is 12.0 Å². The van der Waals surface area contributed by atoms with Crippen LogP contribution in [0.5, 0.6) is 0 Å². The van der Waals surface area contributed by atoms with Gasteiger partial charge in [0.1, 0.15) is 11.8 Å². The van der Waals surface area contributed by atoms with Crippen LogP contribution in [0.3, 0.4) is 0 Å².